The monoisotopic (exact) mass is 337 g/mol. The molecule has 0 fully saturated rings. The number of hydrogen-bond acceptors (Lipinski definition) is 5. The molecule has 0 bridgehead atoms. The summed E-state index contributed by atoms with van der Waals surface area (Å²) < 4.78 is 0. The number of anilines is 1. The Morgan fingerprint density at radius 2 is 1.79 bits per heavy atom. The van der Waals surface area contributed by atoms with Gasteiger partial charge in [-0.25, -0.2) is 9.97 Å². The second-order valence-corrected chi connectivity index (χ2v) is 4.63. The van der Waals surface area contributed by atoms with Crippen molar-refractivity contribution in [2.45, 2.75) is 0 Å². The quantitative estimate of drug-likeness (QED) is 0.851. The van der Waals surface area contributed by atoms with E-state index in [0.717, 1.165) is 6.33 Å². The Balaban J connectivity index is 2.31. The van der Waals surface area contributed by atoms with E-state index < -0.39 is 5.91 Å². The number of carbonyl (C=O) groups is 1. The number of halogens is 4. The first-order chi connectivity index (χ1) is 8.99. The Hall–Kier alpha value is -1.21. The number of amides is 1. The molecule has 0 spiro atoms. The molecule has 0 atom stereocenters. The van der Waals surface area contributed by atoms with E-state index in [1.165, 1.54) is 6.07 Å². The van der Waals surface area contributed by atoms with Gasteiger partial charge in [0.25, 0.3) is 5.91 Å². The van der Waals surface area contributed by atoms with Crippen molar-refractivity contribution in [2.75, 3.05) is 5.32 Å². The summed E-state index contributed by atoms with van der Waals surface area (Å²) in [5.74, 6) is -0.547. The van der Waals surface area contributed by atoms with Crippen LogP contribution in [0, 0.1) is 0 Å². The van der Waals surface area contributed by atoms with Crippen LogP contribution in [0.25, 0.3) is 0 Å². The Bertz CT molecular complexity index is 651. The lowest BCUT2D eigenvalue weighted by Crippen LogP contribution is -2.15. The van der Waals surface area contributed by atoms with Gasteiger partial charge in [-0.1, -0.05) is 46.4 Å². The van der Waals surface area contributed by atoms with E-state index in [1.54, 1.807) is 0 Å². The third kappa shape index (κ3) is 3.22. The van der Waals surface area contributed by atoms with Crippen LogP contribution in [0.4, 0.5) is 5.82 Å². The molecule has 0 aromatic carbocycles. The lowest BCUT2D eigenvalue weighted by molar-refractivity contribution is 0.102. The van der Waals surface area contributed by atoms with Gasteiger partial charge in [0.1, 0.15) is 11.3 Å². The third-order valence-electron chi connectivity index (χ3n) is 1.94. The molecule has 1 amide bonds. The minimum Gasteiger partial charge on any atom is -0.305 e. The van der Waals surface area contributed by atoms with E-state index in [1.807, 2.05) is 0 Å². The molecule has 0 radical (unpaired) electrons. The molecule has 6 nitrogen and oxygen atoms in total. The first kappa shape index (κ1) is 14.2. The van der Waals surface area contributed by atoms with Gasteiger partial charge in [-0.3, -0.25) is 4.79 Å². The van der Waals surface area contributed by atoms with Crippen LogP contribution in [-0.4, -0.2) is 26.1 Å². The van der Waals surface area contributed by atoms with Crippen LogP contribution in [0.15, 0.2) is 12.4 Å². The van der Waals surface area contributed by atoms with Crippen LogP contribution >= 0.6 is 46.4 Å². The van der Waals surface area contributed by atoms with Gasteiger partial charge in [0.05, 0.1) is 5.56 Å². The Morgan fingerprint density at radius 3 is 2.53 bits per heavy atom. The van der Waals surface area contributed by atoms with Gasteiger partial charge >= 0.3 is 0 Å². The van der Waals surface area contributed by atoms with E-state index >= 15 is 0 Å². The Kier molecular flexibility index (Phi) is 4.36. The molecule has 19 heavy (non-hydrogen) atoms. The molecule has 0 aliphatic carbocycles. The zero-order valence-electron chi connectivity index (χ0n) is 8.86. The van der Waals surface area contributed by atoms with Crippen molar-refractivity contribution in [1.29, 1.82) is 0 Å². The first-order valence-corrected chi connectivity index (χ1v) is 6.16. The van der Waals surface area contributed by atoms with E-state index in [2.05, 4.69) is 25.5 Å². The highest BCUT2D eigenvalue weighted by atomic mass is 35.5. The summed E-state index contributed by atoms with van der Waals surface area (Å²) in [5.41, 5.74) is 0.0347. The molecule has 1 N–H and O–H groups in total. The van der Waals surface area contributed by atoms with E-state index in [4.69, 9.17) is 46.4 Å². The fraction of sp³-hybridized carbons (Fsp3) is 0. The van der Waals surface area contributed by atoms with Gasteiger partial charge in [-0.05, 0) is 6.07 Å². The van der Waals surface area contributed by atoms with Crippen LogP contribution in [0.3, 0.4) is 0 Å². The summed E-state index contributed by atoms with van der Waals surface area (Å²) in [5, 5.41) is 9.38. The van der Waals surface area contributed by atoms with Crippen LogP contribution in [0.5, 0.6) is 0 Å². The molecule has 0 saturated carbocycles. The van der Waals surface area contributed by atoms with Crippen molar-refractivity contribution < 1.29 is 4.79 Å². The van der Waals surface area contributed by atoms with Gasteiger partial charge in [-0.2, -0.15) is 0 Å². The predicted octanol–water partition coefficient (Wildman–Crippen LogP) is 3.13. The Morgan fingerprint density at radius 1 is 1.05 bits per heavy atom. The lowest BCUT2D eigenvalue weighted by atomic mass is 10.3. The average molecular weight is 339 g/mol. The lowest BCUT2D eigenvalue weighted by Gasteiger charge is -2.07. The minimum absolute atomic E-state index is 0.0155. The zero-order chi connectivity index (χ0) is 14.0. The molecule has 98 valence electrons. The maximum Gasteiger partial charge on any atom is 0.260 e. The van der Waals surface area contributed by atoms with E-state index in [-0.39, 0.29) is 31.9 Å². The van der Waals surface area contributed by atoms with E-state index in [0.29, 0.717) is 0 Å². The number of nitrogens with one attached hydrogen (secondary N) is 1. The van der Waals surface area contributed by atoms with Gasteiger partial charge < -0.3 is 5.32 Å². The standard InChI is InChI=1S/C9H3Cl4N5O/c10-4-1-3(6(12)18-17-4)9(19)16-8-5(11)7(13)14-2-15-8/h1-2H,(H,14,15,16,19). The number of nitrogens with zero attached hydrogens (tertiary/aromatic N) is 4. The molecule has 0 saturated heterocycles. The second kappa shape index (κ2) is 5.83. The predicted molar refractivity (Wildman–Crippen MR) is 72.1 cm³/mol. The maximum absolute atomic E-state index is 12.0. The van der Waals surface area contributed by atoms with Crippen molar-refractivity contribution in [3.05, 3.63) is 38.4 Å². The van der Waals surface area contributed by atoms with Gasteiger partial charge in [0.2, 0.25) is 0 Å². The van der Waals surface area contributed by atoms with Crippen LogP contribution < -0.4 is 5.32 Å². The fourth-order valence-corrected chi connectivity index (χ4v) is 1.73. The molecule has 2 aromatic rings. The molecule has 0 unspecified atom stereocenters. The van der Waals surface area contributed by atoms with Gasteiger partial charge in [0.15, 0.2) is 21.3 Å². The number of aromatic nitrogens is 4. The topological polar surface area (TPSA) is 80.7 Å². The van der Waals surface area contributed by atoms with Crippen molar-refractivity contribution in [3.8, 4) is 0 Å². The van der Waals surface area contributed by atoms with Crippen molar-refractivity contribution >= 4 is 58.1 Å². The van der Waals surface area contributed by atoms with Gasteiger partial charge in [0, 0.05) is 0 Å². The maximum atomic E-state index is 12.0. The molecule has 2 heterocycles. The fourth-order valence-electron chi connectivity index (χ4n) is 1.12. The van der Waals surface area contributed by atoms with Crippen molar-refractivity contribution in [1.82, 2.24) is 20.2 Å². The minimum atomic E-state index is -0.599. The molecule has 2 aromatic heterocycles. The largest absolute Gasteiger partial charge is 0.305 e. The number of carbonyl (C=O) groups excluding carboxylic acids is 1. The van der Waals surface area contributed by atoms with Gasteiger partial charge in [-0.15, -0.1) is 10.2 Å². The highest BCUT2D eigenvalue weighted by molar-refractivity contribution is 6.43. The second-order valence-electron chi connectivity index (χ2n) is 3.15. The summed E-state index contributed by atoms with van der Waals surface area (Å²) in [7, 11) is 0. The summed E-state index contributed by atoms with van der Waals surface area (Å²) in [6.45, 7) is 0. The summed E-state index contributed by atoms with van der Waals surface area (Å²) >= 11 is 22.9. The average Bonchev–Trinajstić information content (AvgIpc) is 2.38. The summed E-state index contributed by atoms with van der Waals surface area (Å²) in [6, 6.07) is 1.27. The van der Waals surface area contributed by atoms with Crippen molar-refractivity contribution in [3.63, 3.8) is 0 Å². The van der Waals surface area contributed by atoms with Crippen molar-refractivity contribution in [2.24, 2.45) is 0 Å². The number of rotatable bonds is 2. The molecule has 10 heteroatoms. The smallest absolute Gasteiger partial charge is 0.260 e. The SMILES string of the molecule is O=C(Nc1ncnc(Cl)c1Cl)c1cc(Cl)nnc1Cl. The number of hydrogen-bond donors (Lipinski definition) is 1. The molecule has 0 aliphatic heterocycles. The molecular formula is C9H3Cl4N5O. The van der Waals surface area contributed by atoms with Crippen LogP contribution in [0.1, 0.15) is 10.4 Å². The first-order valence-electron chi connectivity index (χ1n) is 4.65. The molecular weight excluding hydrogens is 336 g/mol. The zero-order valence-corrected chi connectivity index (χ0v) is 11.9. The normalized spacial score (nSPS) is 10.3. The molecule has 0 aliphatic rings. The Labute approximate surface area is 127 Å². The van der Waals surface area contributed by atoms with E-state index in [9.17, 15) is 4.79 Å². The highest BCUT2D eigenvalue weighted by Gasteiger charge is 2.16. The molecule has 2 rings (SSSR count). The third-order valence-corrected chi connectivity index (χ3v) is 3.15. The van der Waals surface area contributed by atoms with Crippen LogP contribution in [-0.2, 0) is 0 Å². The summed E-state index contributed by atoms with van der Waals surface area (Å²) in [6.07, 6.45) is 1.16. The summed E-state index contributed by atoms with van der Waals surface area (Å²) in [4.78, 5) is 19.4. The highest BCUT2D eigenvalue weighted by Crippen LogP contribution is 2.26. The van der Waals surface area contributed by atoms with Crippen LogP contribution in [0.2, 0.25) is 20.5 Å².